The highest BCUT2D eigenvalue weighted by Crippen LogP contribution is 2.58. The van der Waals surface area contributed by atoms with Crippen LogP contribution in [0.1, 0.15) is 0 Å². The molecule has 2 aliphatic heterocycles. The number of para-hydroxylation sites is 4. The van der Waals surface area contributed by atoms with Crippen molar-refractivity contribution in [2.75, 3.05) is 33.7 Å². The highest BCUT2D eigenvalue weighted by atomic mass is 15.2. The topological polar surface area (TPSA) is 13.0 Å². The first-order valence-corrected chi connectivity index (χ1v) is 27.6. The van der Waals surface area contributed by atoms with Gasteiger partial charge in [0.05, 0.1) is 11.4 Å². The Balaban J connectivity index is 0.833. The van der Waals surface area contributed by atoms with Crippen molar-refractivity contribution in [2.45, 2.75) is 0 Å². The molecule has 14 aromatic carbocycles. The van der Waals surface area contributed by atoms with E-state index in [2.05, 4.69) is 313 Å². The number of hydrogen-bond acceptors (Lipinski definition) is 4. The van der Waals surface area contributed by atoms with Gasteiger partial charge in [-0.15, -0.1) is 0 Å². The maximum Gasteiger partial charge on any atom is 0.0618 e. The number of benzene rings is 14. The predicted molar refractivity (Wildman–Crippen MR) is 341 cm³/mol. The second-order valence-electron chi connectivity index (χ2n) is 21.2. The number of nitrogens with zero attached hydrogens (tertiary/aromatic N) is 4. The van der Waals surface area contributed by atoms with E-state index in [1.165, 1.54) is 132 Å². The van der Waals surface area contributed by atoms with E-state index in [1.807, 2.05) is 0 Å². The smallest absolute Gasteiger partial charge is 0.0618 e. The van der Waals surface area contributed by atoms with Gasteiger partial charge in [-0.25, -0.2) is 0 Å². The molecule has 0 bridgehead atoms. The van der Waals surface area contributed by atoms with Crippen LogP contribution in [0.5, 0.6) is 0 Å². The van der Waals surface area contributed by atoms with E-state index in [4.69, 9.17) is 0 Å². The molecule has 0 fully saturated rings. The van der Waals surface area contributed by atoms with Crippen LogP contribution in [-0.2, 0) is 0 Å². The van der Waals surface area contributed by atoms with Crippen LogP contribution in [0.15, 0.2) is 279 Å². The minimum Gasteiger partial charge on any atom is -0.344 e. The van der Waals surface area contributed by atoms with Gasteiger partial charge in [0, 0.05) is 103 Å². The fraction of sp³-hybridized carbons (Fsp3) is 0.0263. The summed E-state index contributed by atoms with van der Waals surface area (Å²) in [7, 11) is 4.50. The van der Waals surface area contributed by atoms with Gasteiger partial charge in [0.1, 0.15) is 0 Å². The van der Waals surface area contributed by atoms with Gasteiger partial charge in [-0.3, -0.25) is 0 Å². The van der Waals surface area contributed by atoms with E-state index < -0.39 is 0 Å². The van der Waals surface area contributed by atoms with E-state index in [-0.39, 0.29) is 0 Å². The van der Waals surface area contributed by atoms with Gasteiger partial charge in [-0.2, -0.15) is 0 Å². The first kappa shape index (κ1) is 45.7. The monoisotopic (exact) mass is 1020 g/mol. The summed E-state index contributed by atoms with van der Waals surface area (Å²) in [6, 6.07) is 103. The number of hydrogen-bond donors (Lipinski definition) is 0. The van der Waals surface area contributed by atoms with E-state index >= 15 is 0 Å². The van der Waals surface area contributed by atoms with Crippen LogP contribution in [0.3, 0.4) is 0 Å². The molecule has 4 nitrogen and oxygen atoms in total. The van der Waals surface area contributed by atoms with Crippen molar-refractivity contribution in [3.63, 3.8) is 0 Å². The molecule has 0 saturated carbocycles. The lowest BCUT2D eigenvalue weighted by Gasteiger charge is -2.36. The van der Waals surface area contributed by atoms with Crippen LogP contribution in [0.4, 0.5) is 56.9 Å². The lowest BCUT2D eigenvalue weighted by Crippen LogP contribution is -2.19. The molecule has 16 rings (SSSR count). The minimum atomic E-state index is 1.12. The summed E-state index contributed by atoms with van der Waals surface area (Å²) in [5, 5.41) is 12.3. The SMILES string of the molecule is CN1c2cc(-c3c4ccccc4c(N(c4ccccc4)c4ccccc4)c4ccccc34)ccc2-c2ccc3c4c(ccc1c24)N(C)c1cc(-c2c4ccccc4c(N(c4ccccc4)c4ccccc4)c4ccccc24)ccc1-3. The van der Waals surface area contributed by atoms with Gasteiger partial charge >= 0.3 is 0 Å². The molecule has 2 aliphatic rings. The Morgan fingerprint density at radius 2 is 0.500 bits per heavy atom. The molecule has 14 aromatic rings. The normalized spacial score (nSPS) is 12.3. The Kier molecular flexibility index (Phi) is 10.3. The quantitative estimate of drug-likeness (QED) is 0.141. The summed E-state index contributed by atoms with van der Waals surface area (Å²) in [4.78, 5) is 9.70. The number of rotatable bonds is 8. The highest BCUT2D eigenvalue weighted by molar-refractivity contribution is 6.27. The van der Waals surface area contributed by atoms with Gasteiger partial charge in [0.15, 0.2) is 0 Å². The molecule has 0 aliphatic carbocycles. The molecule has 0 aromatic heterocycles. The molecule has 0 saturated heterocycles. The molecule has 0 N–H and O–H groups in total. The predicted octanol–water partition coefficient (Wildman–Crippen LogP) is 21.2. The lowest BCUT2D eigenvalue weighted by molar-refractivity contribution is 1.19. The van der Waals surface area contributed by atoms with Gasteiger partial charge in [-0.1, -0.05) is 206 Å². The Morgan fingerprint density at radius 1 is 0.237 bits per heavy atom. The Hall–Kier alpha value is -10.4. The molecule has 0 unspecified atom stereocenters. The maximum atomic E-state index is 2.43. The van der Waals surface area contributed by atoms with E-state index in [0.717, 1.165) is 22.7 Å². The van der Waals surface area contributed by atoms with Crippen molar-refractivity contribution in [2.24, 2.45) is 0 Å². The molecule has 2 heterocycles. The number of anilines is 10. The van der Waals surface area contributed by atoms with Crippen LogP contribution in [-0.4, -0.2) is 14.1 Å². The maximum absolute atomic E-state index is 2.43. The molecule has 0 amide bonds. The summed E-state index contributed by atoms with van der Waals surface area (Å²) >= 11 is 0. The fourth-order valence-corrected chi connectivity index (χ4v) is 13.5. The van der Waals surface area contributed by atoms with Crippen LogP contribution >= 0.6 is 0 Å². The third kappa shape index (κ3) is 6.82. The Labute approximate surface area is 465 Å². The van der Waals surface area contributed by atoms with Crippen LogP contribution in [0.2, 0.25) is 0 Å². The van der Waals surface area contributed by atoms with Crippen molar-refractivity contribution in [1.82, 2.24) is 0 Å². The number of fused-ring (bicyclic) bond motifs is 8. The fourth-order valence-electron chi connectivity index (χ4n) is 13.5. The molecule has 4 heteroatoms. The second-order valence-corrected chi connectivity index (χ2v) is 21.2. The zero-order valence-corrected chi connectivity index (χ0v) is 44.3. The zero-order valence-electron chi connectivity index (χ0n) is 44.3. The summed E-state index contributed by atoms with van der Waals surface area (Å²) in [5.41, 5.74) is 21.5. The van der Waals surface area contributed by atoms with Crippen molar-refractivity contribution in [3.05, 3.63) is 279 Å². The van der Waals surface area contributed by atoms with Crippen molar-refractivity contribution in [1.29, 1.82) is 0 Å². The van der Waals surface area contributed by atoms with E-state index in [0.29, 0.717) is 0 Å². The summed E-state index contributed by atoms with van der Waals surface area (Å²) in [5.74, 6) is 0. The zero-order chi connectivity index (χ0) is 53.0. The molecular formula is C76H52N4. The van der Waals surface area contributed by atoms with Crippen LogP contribution in [0, 0.1) is 0 Å². The summed E-state index contributed by atoms with van der Waals surface area (Å²) < 4.78 is 0. The molecule has 0 radical (unpaired) electrons. The van der Waals surface area contributed by atoms with Gasteiger partial charge in [-0.05, 0) is 128 Å². The largest absolute Gasteiger partial charge is 0.344 e. The van der Waals surface area contributed by atoms with Crippen molar-refractivity contribution >= 4 is 111 Å². The summed E-state index contributed by atoms with van der Waals surface area (Å²) in [6.07, 6.45) is 0. The van der Waals surface area contributed by atoms with E-state index in [9.17, 15) is 0 Å². The second kappa shape index (κ2) is 18.1. The molecule has 0 spiro atoms. The standard InChI is InChI=1S/C76H52N4/c1-77-67-45-46-68-74-62(56-42-40-50(48-70(56)78(68)2)72-59-33-17-21-37-65(59)76(66-38-22-18-34-60(66)72)80(53-27-11-5-12-28-53)54-29-13-6-14-30-54)44-43-61(73(67)74)55-41-39-49(47-69(55)77)71-57-31-15-19-35-63(57)75(64-36-20-16-32-58(64)71)79(51-23-7-3-8-24-51)52-25-9-4-10-26-52/h3-48H,1-2H3. The molecule has 0 atom stereocenters. The Bertz CT molecular complexity index is 4310. The first-order chi connectivity index (χ1) is 39.6. The Morgan fingerprint density at radius 3 is 0.800 bits per heavy atom. The van der Waals surface area contributed by atoms with Crippen molar-refractivity contribution in [3.8, 4) is 44.5 Å². The molecular weight excluding hydrogens is 969 g/mol. The van der Waals surface area contributed by atoms with Crippen LogP contribution < -0.4 is 19.6 Å². The van der Waals surface area contributed by atoms with E-state index in [1.54, 1.807) is 0 Å². The van der Waals surface area contributed by atoms with Gasteiger partial charge in [0.2, 0.25) is 0 Å². The van der Waals surface area contributed by atoms with Gasteiger partial charge < -0.3 is 19.6 Å². The molecule has 80 heavy (non-hydrogen) atoms. The third-order valence-corrected chi connectivity index (χ3v) is 17.0. The average molecular weight is 1020 g/mol. The summed E-state index contributed by atoms with van der Waals surface area (Å²) in [6.45, 7) is 0. The van der Waals surface area contributed by atoms with Gasteiger partial charge in [0.25, 0.3) is 0 Å². The van der Waals surface area contributed by atoms with Crippen molar-refractivity contribution < 1.29 is 0 Å². The minimum absolute atomic E-state index is 1.12. The average Bonchev–Trinajstić information content (AvgIpc) is 3.67. The van der Waals surface area contributed by atoms with Crippen LogP contribution in [0.25, 0.3) is 98.4 Å². The first-order valence-electron chi connectivity index (χ1n) is 27.6. The highest BCUT2D eigenvalue weighted by Gasteiger charge is 2.32. The third-order valence-electron chi connectivity index (χ3n) is 17.0. The molecule has 376 valence electrons. The lowest BCUT2D eigenvalue weighted by atomic mass is 9.82.